The number of piperidine rings is 1. The molecule has 0 saturated carbocycles. The summed E-state index contributed by atoms with van der Waals surface area (Å²) in [7, 11) is 0. The Kier molecular flexibility index (Phi) is 7.30. The van der Waals surface area contributed by atoms with E-state index in [1.807, 2.05) is 6.07 Å². The zero-order valence-corrected chi connectivity index (χ0v) is 20.8. The summed E-state index contributed by atoms with van der Waals surface area (Å²) in [5.74, 6) is -0.211. The Morgan fingerprint density at radius 1 is 1.00 bits per heavy atom. The summed E-state index contributed by atoms with van der Waals surface area (Å²) in [4.78, 5) is 26.4. The molecule has 1 aromatic heterocycles. The fourth-order valence-corrected chi connectivity index (χ4v) is 4.68. The first-order valence-electron chi connectivity index (χ1n) is 12.1. The van der Waals surface area contributed by atoms with Gasteiger partial charge in [0.2, 0.25) is 0 Å². The maximum Gasteiger partial charge on any atom is 0.270 e. The molecule has 3 aromatic carbocycles. The van der Waals surface area contributed by atoms with E-state index in [0.717, 1.165) is 32.5 Å². The zero-order chi connectivity index (χ0) is 25.8. The van der Waals surface area contributed by atoms with Gasteiger partial charge in [-0.25, -0.2) is 4.68 Å². The molecule has 0 atom stereocenters. The number of nitrogens with zero attached hydrogens (tertiary/aromatic N) is 4. The van der Waals surface area contributed by atoms with Crippen LogP contribution in [0.25, 0.3) is 16.9 Å². The van der Waals surface area contributed by atoms with Crippen LogP contribution >= 0.6 is 11.6 Å². The number of nitro groups is 1. The van der Waals surface area contributed by atoms with E-state index in [-0.39, 0.29) is 17.6 Å². The molecule has 188 valence electrons. The minimum absolute atomic E-state index is 0.00235. The molecule has 5 rings (SSSR count). The number of aromatic nitrogens is 2. The van der Waals surface area contributed by atoms with Crippen LogP contribution in [-0.4, -0.2) is 44.6 Å². The van der Waals surface area contributed by atoms with Crippen molar-refractivity contribution in [1.82, 2.24) is 20.0 Å². The predicted octanol–water partition coefficient (Wildman–Crippen LogP) is 5.50. The molecule has 1 N–H and O–H groups in total. The van der Waals surface area contributed by atoms with Crippen molar-refractivity contribution in [3.63, 3.8) is 0 Å². The average Bonchev–Trinajstić information content (AvgIpc) is 3.37. The molecule has 0 aliphatic carbocycles. The Bertz CT molecular complexity index is 1380. The second-order valence-corrected chi connectivity index (χ2v) is 9.55. The normalized spacial score (nSPS) is 14.4. The van der Waals surface area contributed by atoms with Gasteiger partial charge in [0, 0.05) is 48.4 Å². The number of halogens is 1. The number of carbonyl (C=O) groups is 1. The fourth-order valence-electron chi connectivity index (χ4n) is 4.55. The highest BCUT2D eigenvalue weighted by Gasteiger charge is 2.24. The molecular formula is C28H26ClN5O3. The van der Waals surface area contributed by atoms with Gasteiger partial charge in [-0.2, -0.15) is 5.10 Å². The first-order chi connectivity index (χ1) is 18.0. The molecule has 2 heterocycles. The molecule has 1 aliphatic rings. The fraction of sp³-hybridized carbons (Fsp3) is 0.214. The van der Waals surface area contributed by atoms with Crippen molar-refractivity contribution in [2.75, 3.05) is 13.1 Å². The van der Waals surface area contributed by atoms with Crippen molar-refractivity contribution in [3.05, 3.63) is 111 Å². The van der Waals surface area contributed by atoms with Gasteiger partial charge in [0.05, 0.1) is 16.3 Å². The Morgan fingerprint density at radius 3 is 2.32 bits per heavy atom. The Morgan fingerprint density at radius 2 is 1.68 bits per heavy atom. The van der Waals surface area contributed by atoms with Crippen molar-refractivity contribution in [2.24, 2.45) is 0 Å². The molecule has 4 aromatic rings. The van der Waals surface area contributed by atoms with E-state index < -0.39 is 4.92 Å². The van der Waals surface area contributed by atoms with Gasteiger partial charge in [-0.1, -0.05) is 41.9 Å². The molecule has 0 radical (unpaired) electrons. The van der Waals surface area contributed by atoms with Gasteiger partial charge in [0.15, 0.2) is 0 Å². The molecule has 1 fully saturated rings. The van der Waals surface area contributed by atoms with Crippen LogP contribution in [0.15, 0.2) is 84.9 Å². The van der Waals surface area contributed by atoms with Crippen LogP contribution < -0.4 is 5.32 Å². The Labute approximate surface area is 219 Å². The number of benzene rings is 3. The van der Waals surface area contributed by atoms with E-state index in [0.29, 0.717) is 27.7 Å². The van der Waals surface area contributed by atoms with Crippen molar-refractivity contribution in [1.29, 1.82) is 0 Å². The largest absolute Gasteiger partial charge is 0.348 e. The summed E-state index contributed by atoms with van der Waals surface area (Å²) in [5, 5.41) is 19.5. The van der Waals surface area contributed by atoms with E-state index in [2.05, 4.69) is 39.6 Å². The summed E-state index contributed by atoms with van der Waals surface area (Å²) in [6.45, 7) is 2.72. The topological polar surface area (TPSA) is 93.3 Å². The predicted molar refractivity (Wildman–Crippen MR) is 143 cm³/mol. The quantitative estimate of drug-likeness (QED) is 0.259. The van der Waals surface area contributed by atoms with Crippen LogP contribution in [0.3, 0.4) is 0 Å². The number of amides is 1. The highest BCUT2D eigenvalue weighted by molar-refractivity contribution is 6.30. The molecule has 9 heteroatoms. The molecule has 8 nitrogen and oxygen atoms in total. The van der Waals surface area contributed by atoms with Crippen LogP contribution in [0, 0.1) is 10.1 Å². The minimum atomic E-state index is -0.444. The number of rotatable bonds is 7. The smallest absolute Gasteiger partial charge is 0.270 e. The van der Waals surface area contributed by atoms with Crippen molar-refractivity contribution in [3.8, 4) is 16.9 Å². The van der Waals surface area contributed by atoms with Crippen molar-refractivity contribution in [2.45, 2.75) is 25.4 Å². The monoisotopic (exact) mass is 515 g/mol. The van der Waals surface area contributed by atoms with E-state index in [9.17, 15) is 14.9 Å². The zero-order valence-electron chi connectivity index (χ0n) is 20.1. The van der Waals surface area contributed by atoms with Crippen molar-refractivity contribution >= 4 is 23.2 Å². The SMILES string of the molecule is O=C(NC1CCN(Cc2ccccc2)CC1)c1cc(-c2ccc([N+](=O)[O-])cc2)nn1-c1ccc(Cl)cc1. The second kappa shape index (κ2) is 10.9. The van der Waals surface area contributed by atoms with Gasteiger partial charge in [-0.3, -0.25) is 19.8 Å². The van der Waals surface area contributed by atoms with E-state index in [1.54, 1.807) is 47.1 Å². The summed E-state index contributed by atoms with van der Waals surface area (Å²) in [5.41, 5.74) is 3.60. The van der Waals surface area contributed by atoms with E-state index >= 15 is 0 Å². The molecule has 1 amide bonds. The lowest BCUT2D eigenvalue weighted by atomic mass is 10.0. The lowest BCUT2D eigenvalue weighted by Gasteiger charge is -2.32. The van der Waals surface area contributed by atoms with Crippen LogP contribution in [-0.2, 0) is 6.54 Å². The lowest BCUT2D eigenvalue weighted by molar-refractivity contribution is -0.384. The van der Waals surface area contributed by atoms with Gasteiger partial charge in [0.25, 0.3) is 11.6 Å². The van der Waals surface area contributed by atoms with Gasteiger partial charge in [-0.05, 0) is 60.9 Å². The summed E-state index contributed by atoms with van der Waals surface area (Å²) in [6, 6.07) is 25.4. The Balaban J connectivity index is 1.33. The van der Waals surface area contributed by atoms with Crippen LogP contribution in [0.5, 0.6) is 0 Å². The third-order valence-electron chi connectivity index (χ3n) is 6.56. The van der Waals surface area contributed by atoms with Gasteiger partial charge >= 0.3 is 0 Å². The maximum absolute atomic E-state index is 13.4. The highest BCUT2D eigenvalue weighted by Crippen LogP contribution is 2.25. The number of non-ortho nitro benzene ring substituents is 1. The number of nitro benzene ring substituents is 1. The lowest BCUT2D eigenvalue weighted by Crippen LogP contribution is -2.44. The molecule has 37 heavy (non-hydrogen) atoms. The molecule has 1 saturated heterocycles. The van der Waals surface area contributed by atoms with Crippen LogP contribution in [0.2, 0.25) is 5.02 Å². The summed E-state index contributed by atoms with van der Waals surface area (Å²) >= 11 is 6.07. The molecular weight excluding hydrogens is 490 g/mol. The average molecular weight is 516 g/mol. The first kappa shape index (κ1) is 24.7. The Hall–Kier alpha value is -4.01. The third-order valence-corrected chi connectivity index (χ3v) is 6.81. The van der Waals surface area contributed by atoms with Gasteiger partial charge in [-0.15, -0.1) is 0 Å². The molecule has 1 aliphatic heterocycles. The number of hydrogen-bond acceptors (Lipinski definition) is 5. The third kappa shape index (κ3) is 5.87. The van der Waals surface area contributed by atoms with Crippen LogP contribution in [0.4, 0.5) is 5.69 Å². The van der Waals surface area contributed by atoms with Gasteiger partial charge < -0.3 is 5.32 Å². The summed E-state index contributed by atoms with van der Waals surface area (Å²) < 4.78 is 1.59. The van der Waals surface area contributed by atoms with Crippen molar-refractivity contribution < 1.29 is 9.72 Å². The van der Waals surface area contributed by atoms with Gasteiger partial charge in [0.1, 0.15) is 5.69 Å². The van der Waals surface area contributed by atoms with E-state index in [4.69, 9.17) is 11.6 Å². The first-order valence-corrected chi connectivity index (χ1v) is 12.5. The molecule has 0 spiro atoms. The number of carbonyl (C=O) groups excluding carboxylic acids is 1. The standard InChI is InChI=1S/C28H26ClN5O3/c29-22-8-12-24(13-9-22)33-27(18-26(31-33)21-6-10-25(11-7-21)34(36)37)28(35)30-23-14-16-32(17-15-23)19-20-4-2-1-3-5-20/h1-13,18,23H,14-17,19H2,(H,30,35). The molecule has 0 unspecified atom stereocenters. The van der Waals surface area contributed by atoms with Crippen LogP contribution in [0.1, 0.15) is 28.9 Å². The number of hydrogen-bond donors (Lipinski definition) is 1. The highest BCUT2D eigenvalue weighted by atomic mass is 35.5. The number of nitrogens with one attached hydrogen (secondary N) is 1. The summed E-state index contributed by atoms with van der Waals surface area (Å²) in [6.07, 6.45) is 1.73. The van der Waals surface area contributed by atoms with E-state index in [1.165, 1.54) is 17.7 Å². The second-order valence-electron chi connectivity index (χ2n) is 9.12. The molecule has 0 bridgehead atoms. The number of likely N-dealkylation sites (tertiary alicyclic amines) is 1. The maximum atomic E-state index is 13.4. The minimum Gasteiger partial charge on any atom is -0.348 e.